The normalized spacial score (nSPS) is 23.3. The summed E-state index contributed by atoms with van der Waals surface area (Å²) in [5.74, 6) is 0. The SMILES string of the molecule is Clc1cnccc1N1CCC2(CCNCC2)CC1. The Morgan fingerprint density at radius 2 is 1.89 bits per heavy atom. The Bertz CT molecular complexity index is 405. The first-order chi connectivity index (χ1) is 8.79. The third kappa shape index (κ3) is 2.34. The van der Waals surface area contributed by atoms with E-state index in [0.717, 1.165) is 23.8 Å². The number of nitrogens with zero attached hydrogens (tertiary/aromatic N) is 2. The summed E-state index contributed by atoms with van der Waals surface area (Å²) in [4.78, 5) is 6.47. The average Bonchev–Trinajstić information content (AvgIpc) is 2.42. The van der Waals surface area contributed by atoms with Crippen LogP contribution in [0.25, 0.3) is 0 Å². The van der Waals surface area contributed by atoms with Gasteiger partial charge < -0.3 is 10.2 Å². The van der Waals surface area contributed by atoms with Gasteiger partial charge in [-0.1, -0.05) is 11.6 Å². The highest BCUT2D eigenvalue weighted by atomic mass is 35.5. The molecule has 1 aromatic heterocycles. The minimum absolute atomic E-state index is 0.598. The number of rotatable bonds is 1. The molecule has 2 fully saturated rings. The summed E-state index contributed by atoms with van der Waals surface area (Å²) >= 11 is 6.22. The highest BCUT2D eigenvalue weighted by Crippen LogP contribution is 2.41. The minimum atomic E-state index is 0.598. The first-order valence-corrected chi connectivity index (χ1v) is 7.22. The van der Waals surface area contributed by atoms with E-state index in [0.29, 0.717) is 5.41 Å². The topological polar surface area (TPSA) is 28.2 Å². The number of nitrogens with one attached hydrogen (secondary N) is 1. The smallest absolute Gasteiger partial charge is 0.0822 e. The number of aromatic nitrogens is 1. The first-order valence-electron chi connectivity index (χ1n) is 6.84. The van der Waals surface area contributed by atoms with Gasteiger partial charge >= 0.3 is 0 Å². The Morgan fingerprint density at radius 1 is 1.17 bits per heavy atom. The fourth-order valence-corrected chi connectivity index (χ4v) is 3.54. The molecular formula is C14H20ClN3. The second kappa shape index (κ2) is 5.06. The van der Waals surface area contributed by atoms with Gasteiger partial charge in [0.05, 0.1) is 10.7 Å². The Kier molecular flexibility index (Phi) is 3.44. The van der Waals surface area contributed by atoms with Crippen LogP contribution in [-0.4, -0.2) is 31.2 Å². The summed E-state index contributed by atoms with van der Waals surface area (Å²) in [5, 5.41) is 4.24. The molecule has 1 N–H and O–H groups in total. The molecular weight excluding hydrogens is 246 g/mol. The van der Waals surface area contributed by atoms with Crippen LogP contribution in [0.3, 0.4) is 0 Å². The summed E-state index contributed by atoms with van der Waals surface area (Å²) in [6, 6.07) is 2.03. The summed E-state index contributed by atoms with van der Waals surface area (Å²) < 4.78 is 0. The zero-order chi connectivity index (χ0) is 12.4. The highest BCUT2D eigenvalue weighted by Gasteiger charge is 2.35. The van der Waals surface area contributed by atoms with Crippen LogP contribution in [0.4, 0.5) is 5.69 Å². The van der Waals surface area contributed by atoms with Crippen molar-refractivity contribution >= 4 is 17.3 Å². The van der Waals surface area contributed by atoms with Gasteiger partial charge in [-0.05, 0) is 50.3 Å². The van der Waals surface area contributed by atoms with E-state index in [2.05, 4.69) is 15.2 Å². The van der Waals surface area contributed by atoms with E-state index in [-0.39, 0.29) is 0 Å². The van der Waals surface area contributed by atoms with Crippen LogP contribution in [0.2, 0.25) is 5.02 Å². The molecule has 0 saturated carbocycles. The summed E-state index contributed by atoms with van der Waals surface area (Å²) in [6.07, 6.45) is 8.85. The summed E-state index contributed by atoms with van der Waals surface area (Å²) in [7, 11) is 0. The Morgan fingerprint density at radius 3 is 2.56 bits per heavy atom. The van der Waals surface area contributed by atoms with Crippen LogP contribution in [-0.2, 0) is 0 Å². The van der Waals surface area contributed by atoms with E-state index in [1.54, 1.807) is 6.20 Å². The van der Waals surface area contributed by atoms with Crippen LogP contribution in [0.1, 0.15) is 25.7 Å². The van der Waals surface area contributed by atoms with Crippen molar-refractivity contribution in [1.82, 2.24) is 10.3 Å². The van der Waals surface area contributed by atoms with E-state index < -0.39 is 0 Å². The van der Waals surface area contributed by atoms with Crippen molar-refractivity contribution in [3.05, 3.63) is 23.5 Å². The van der Waals surface area contributed by atoms with E-state index in [4.69, 9.17) is 11.6 Å². The van der Waals surface area contributed by atoms with Crippen molar-refractivity contribution in [3.8, 4) is 0 Å². The number of piperidine rings is 2. The van der Waals surface area contributed by atoms with Gasteiger partial charge in [-0.15, -0.1) is 0 Å². The number of hydrogen-bond acceptors (Lipinski definition) is 3. The molecule has 3 rings (SSSR count). The van der Waals surface area contributed by atoms with E-state index in [1.807, 2.05) is 12.3 Å². The van der Waals surface area contributed by atoms with E-state index in [9.17, 15) is 0 Å². The molecule has 0 aliphatic carbocycles. The summed E-state index contributed by atoms with van der Waals surface area (Å²) in [5.41, 5.74) is 1.75. The number of pyridine rings is 1. The quantitative estimate of drug-likeness (QED) is 0.846. The Labute approximate surface area is 114 Å². The second-order valence-electron chi connectivity index (χ2n) is 5.56. The molecule has 0 atom stereocenters. The zero-order valence-electron chi connectivity index (χ0n) is 10.7. The third-order valence-electron chi connectivity index (χ3n) is 4.58. The van der Waals surface area contributed by atoms with Gasteiger partial charge in [-0.2, -0.15) is 0 Å². The highest BCUT2D eigenvalue weighted by molar-refractivity contribution is 6.33. The maximum Gasteiger partial charge on any atom is 0.0822 e. The average molecular weight is 266 g/mol. The van der Waals surface area contributed by atoms with Gasteiger partial charge in [0.2, 0.25) is 0 Å². The lowest BCUT2D eigenvalue weighted by Crippen LogP contribution is -2.45. The van der Waals surface area contributed by atoms with Crippen molar-refractivity contribution in [2.75, 3.05) is 31.1 Å². The molecule has 2 saturated heterocycles. The second-order valence-corrected chi connectivity index (χ2v) is 5.97. The van der Waals surface area contributed by atoms with Crippen LogP contribution in [0.15, 0.2) is 18.5 Å². The van der Waals surface area contributed by atoms with Gasteiger partial charge in [0.15, 0.2) is 0 Å². The molecule has 98 valence electrons. The monoisotopic (exact) mass is 265 g/mol. The van der Waals surface area contributed by atoms with Gasteiger partial charge in [0.1, 0.15) is 0 Å². The standard InChI is InChI=1S/C14H20ClN3/c15-12-11-17-6-1-13(12)18-9-4-14(5-10-18)2-7-16-8-3-14/h1,6,11,16H,2-5,7-10H2. The molecule has 1 aromatic rings. The van der Waals surface area contributed by atoms with Crippen LogP contribution < -0.4 is 10.2 Å². The lowest BCUT2D eigenvalue weighted by atomic mass is 9.71. The van der Waals surface area contributed by atoms with E-state index >= 15 is 0 Å². The lowest BCUT2D eigenvalue weighted by Gasteiger charge is -2.45. The number of anilines is 1. The van der Waals surface area contributed by atoms with Crippen molar-refractivity contribution in [2.24, 2.45) is 5.41 Å². The van der Waals surface area contributed by atoms with Crippen molar-refractivity contribution in [3.63, 3.8) is 0 Å². The largest absolute Gasteiger partial charge is 0.370 e. The van der Waals surface area contributed by atoms with Crippen LogP contribution >= 0.6 is 11.6 Å². The van der Waals surface area contributed by atoms with Crippen LogP contribution in [0.5, 0.6) is 0 Å². The van der Waals surface area contributed by atoms with Crippen LogP contribution in [0, 0.1) is 5.41 Å². The predicted octanol–water partition coefficient (Wildman–Crippen LogP) is 2.71. The first kappa shape index (κ1) is 12.2. The predicted molar refractivity (Wildman–Crippen MR) is 75.2 cm³/mol. The van der Waals surface area contributed by atoms with Crippen molar-refractivity contribution in [2.45, 2.75) is 25.7 Å². The number of hydrogen-bond donors (Lipinski definition) is 1. The van der Waals surface area contributed by atoms with Gasteiger partial charge in [0, 0.05) is 25.5 Å². The molecule has 4 heteroatoms. The molecule has 0 aromatic carbocycles. The molecule has 1 spiro atoms. The lowest BCUT2D eigenvalue weighted by molar-refractivity contribution is 0.155. The molecule has 3 heterocycles. The Hall–Kier alpha value is -0.800. The minimum Gasteiger partial charge on any atom is -0.370 e. The molecule has 0 bridgehead atoms. The molecule has 0 amide bonds. The molecule has 3 nitrogen and oxygen atoms in total. The van der Waals surface area contributed by atoms with E-state index in [1.165, 1.54) is 38.8 Å². The molecule has 18 heavy (non-hydrogen) atoms. The van der Waals surface area contributed by atoms with Crippen molar-refractivity contribution < 1.29 is 0 Å². The molecule has 2 aliphatic rings. The zero-order valence-corrected chi connectivity index (χ0v) is 11.4. The maximum atomic E-state index is 6.22. The van der Waals surface area contributed by atoms with Gasteiger partial charge in [-0.3, -0.25) is 4.98 Å². The molecule has 2 aliphatic heterocycles. The fraction of sp³-hybridized carbons (Fsp3) is 0.643. The van der Waals surface area contributed by atoms with Gasteiger partial charge in [0.25, 0.3) is 0 Å². The Balaban J connectivity index is 1.68. The third-order valence-corrected chi connectivity index (χ3v) is 4.87. The number of halogens is 1. The molecule has 0 radical (unpaired) electrons. The van der Waals surface area contributed by atoms with Gasteiger partial charge in [-0.25, -0.2) is 0 Å². The summed E-state index contributed by atoms with van der Waals surface area (Å²) in [6.45, 7) is 4.64. The fourth-order valence-electron chi connectivity index (χ4n) is 3.30. The maximum absolute atomic E-state index is 6.22. The molecule has 0 unspecified atom stereocenters. The van der Waals surface area contributed by atoms with Crippen molar-refractivity contribution in [1.29, 1.82) is 0 Å².